The number of rotatable bonds is 3. The smallest absolute Gasteiger partial charge is 0.0788 e. The van der Waals surface area contributed by atoms with Gasteiger partial charge in [-0.15, -0.1) is 0 Å². The molecule has 0 aliphatic carbocycles. The summed E-state index contributed by atoms with van der Waals surface area (Å²) in [5.41, 5.74) is 7.68. The van der Waals surface area contributed by atoms with E-state index in [1.165, 1.54) is 5.39 Å². The molecular formula is C29H19N3. The fraction of sp³-hybridized carbons (Fsp3) is 0. The van der Waals surface area contributed by atoms with Gasteiger partial charge in [0.2, 0.25) is 0 Å². The van der Waals surface area contributed by atoms with Gasteiger partial charge in [-0.1, -0.05) is 54.6 Å². The van der Waals surface area contributed by atoms with Gasteiger partial charge in [0.15, 0.2) is 0 Å². The summed E-state index contributed by atoms with van der Waals surface area (Å²) in [4.78, 5) is 13.5. The minimum atomic E-state index is 0.988. The average molecular weight is 409 g/mol. The van der Waals surface area contributed by atoms with Gasteiger partial charge in [0.05, 0.1) is 11.2 Å². The monoisotopic (exact) mass is 409 g/mol. The average Bonchev–Trinajstić information content (AvgIpc) is 2.89. The molecule has 0 N–H and O–H groups in total. The Kier molecular flexibility index (Phi) is 4.43. The van der Waals surface area contributed by atoms with E-state index in [1.54, 1.807) is 0 Å². The highest BCUT2D eigenvalue weighted by atomic mass is 14.7. The fourth-order valence-electron chi connectivity index (χ4n) is 4.27. The van der Waals surface area contributed by atoms with Gasteiger partial charge in [-0.25, -0.2) is 4.98 Å². The van der Waals surface area contributed by atoms with E-state index >= 15 is 0 Å². The summed E-state index contributed by atoms with van der Waals surface area (Å²) in [6.45, 7) is 0. The van der Waals surface area contributed by atoms with Gasteiger partial charge >= 0.3 is 0 Å². The molecule has 0 radical (unpaired) electrons. The van der Waals surface area contributed by atoms with E-state index in [1.807, 2.05) is 55.1 Å². The van der Waals surface area contributed by atoms with Gasteiger partial charge < -0.3 is 0 Å². The van der Waals surface area contributed by atoms with Crippen LogP contribution in [0.3, 0.4) is 0 Å². The Morgan fingerprint density at radius 2 is 1.00 bits per heavy atom. The number of pyridine rings is 3. The lowest BCUT2D eigenvalue weighted by Gasteiger charge is -2.13. The predicted molar refractivity (Wildman–Crippen MR) is 131 cm³/mol. The zero-order chi connectivity index (χ0) is 21.3. The molecule has 0 unspecified atom stereocenters. The molecule has 0 saturated heterocycles. The summed E-state index contributed by atoms with van der Waals surface area (Å²) in [5.74, 6) is 0. The molecule has 32 heavy (non-hydrogen) atoms. The molecule has 3 aromatic heterocycles. The van der Waals surface area contributed by atoms with Crippen LogP contribution in [0, 0.1) is 0 Å². The molecule has 150 valence electrons. The lowest BCUT2D eigenvalue weighted by atomic mass is 9.95. The quantitative estimate of drug-likeness (QED) is 0.291. The fourth-order valence-corrected chi connectivity index (χ4v) is 4.27. The lowest BCUT2D eigenvalue weighted by Crippen LogP contribution is -1.91. The van der Waals surface area contributed by atoms with Crippen molar-refractivity contribution in [2.45, 2.75) is 0 Å². The molecule has 6 aromatic rings. The molecule has 0 fully saturated rings. The maximum atomic E-state index is 5.17. The number of fused-ring (bicyclic) bond motifs is 3. The van der Waals surface area contributed by atoms with Gasteiger partial charge in [-0.2, -0.15) is 0 Å². The first-order valence-corrected chi connectivity index (χ1v) is 10.6. The molecule has 0 aliphatic rings. The normalized spacial score (nSPS) is 11.1. The van der Waals surface area contributed by atoms with Crippen LogP contribution in [-0.2, 0) is 0 Å². The Hall–Kier alpha value is -4.37. The maximum Gasteiger partial charge on any atom is 0.0788 e. The second-order valence-corrected chi connectivity index (χ2v) is 7.79. The number of nitrogens with zero attached hydrogens (tertiary/aromatic N) is 3. The Balaban J connectivity index is 1.65. The maximum absolute atomic E-state index is 5.17. The number of hydrogen-bond donors (Lipinski definition) is 0. The van der Waals surface area contributed by atoms with Crippen molar-refractivity contribution in [2.75, 3.05) is 0 Å². The molecule has 0 atom stereocenters. The summed E-state index contributed by atoms with van der Waals surface area (Å²) < 4.78 is 0. The topological polar surface area (TPSA) is 38.7 Å². The van der Waals surface area contributed by atoms with Crippen molar-refractivity contribution < 1.29 is 0 Å². The van der Waals surface area contributed by atoms with Crippen molar-refractivity contribution >= 4 is 21.7 Å². The summed E-state index contributed by atoms with van der Waals surface area (Å²) in [6, 6.07) is 31.7. The minimum absolute atomic E-state index is 0.988. The van der Waals surface area contributed by atoms with Crippen LogP contribution < -0.4 is 0 Å². The van der Waals surface area contributed by atoms with Crippen molar-refractivity contribution in [2.24, 2.45) is 0 Å². The van der Waals surface area contributed by atoms with Crippen LogP contribution in [0.4, 0.5) is 0 Å². The summed E-state index contributed by atoms with van der Waals surface area (Å²) in [5, 5.41) is 3.50. The van der Waals surface area contributed by atoms with Gasteiger partial charge in [0, 0.05) is 41.1 Å². The molecule has 3 heteroatoms. The Morgan fingerprint density at radius 1 is 0.406 bits per heavy atom. The van der Waals surface area contributed by atoms with Crippen LogP contribution in [0.5, 0.6) is 0 Å². The zero-order valence-corrected chi connectivity index (χ0v) is 17.3. The molecular weight excluding hydrogens is 390 g/mol. The summed E-state index contributed by atoms with van der Waals surface area (Å²) in [7, 11) is 0. The van der Waals surface area contributed by atoms with E-state index in [-0.39, 0.29) is 0 Å². The third-order valence-electron chi connectivity index (χ3n) is 5.87. The van der Waals surface area contributed by atoms with Crippen LogP contribution in [0.1, 0.15) is 0 Å². The Morgan fingerprint density at radius 3 is 1.66 bits per heavy atom. The largest absolute Gasteiger partial charge is 0.265 e. The second-order valence-electron chi connectivity index (χ2n) is 7.79. The molecule has 0 saturated carbocycles. The molecule has 0 bridgehead atoms. The SMILES string of the molecule is c1ccc(-c2nc3cc(-c4ccncc4)ccc3c3ccc(-c4ccncc4)cc23)cc1. The number of hydrogen-bond acceptors (Lipinski definition) is 3. The van der Waals surface area contributed by atoms with Crippen molar-refractivity contribution in [3.8, 4) is 33.5 Å². The lowest BCUT2D eigenvalue weighted by molar-refractivity contribution is 1.33. The minimum Gasteiger partial charge on any atom is -0.265 e. The third-order valence-corrected chi connectivity index (χ3v) is 5.87. The van der Waals surface area contributed by atoms with Gasteiger partial charge in [0.1, 0.15) is 0 Å². The van der Waals surface area contributed by atoms with Gasteiger partial charge in [-0.3, -0.25) is 9.97 Å². The standard InChI is InChI=1S/C29H19N3/c1-2-4-22(5-3-1)29-27-18-23(20-10-14-30-15-11-20)6-8-25(27)26-9-7-24(19-28(26)32-29)21-12-16-31-17-13-21/h1-19H. The third kappa shape index (κ3) is 3.21. The van der Waals surface area contributed by atoms with E-state index < -0.39 is 0 Å². The van der Waals surface area contributed by atoms with E-state index in [0.29, 0.717) is 0 Å². The van der Waals surface area contributed by atoms with E-state index in [2.05, 4.69) is 70.6 Å². The highest BCUT2D eigenvalue weighted by molar-refractivity contribution is 6.12. The van der Waals surface area contributed by atoms with Crippen molar-refractivity contribution in [3.63, 3.8) is 0 Å². The number of benzene rings is 3. The molecule has 0 aliphatic heterocycles. The van der Waals surface area contributed by atoms with Crippen LogP contribution in [0.15, 0.2) is 116 Å². The summed E-state index contributed by atoms with van der Waals surface area (Å²) in [6.07, 6.45) is 7.31. The van der Waals surface area contributed by atoms with Gasteiger partial charge in [0.25, 0.3) is 0 Å². The van der Waals surface area contributed by atoms with Crippen LogP contribution in [0.2, 0.25) is 0 Å². The second kappa shape index (κ2) is 7.71. The molecule has 3 aromatic carbocycles. The number of aromatic nitrogens is 3. The van der Waals surface area contributed by atoms with Crippen LogP contribution in [0.25, 0.3) is 55.2 Å². The first-order valence-electron chi connectivity index (χ1n) is 10.6. The van der Waals surface area contributed by atoms with Crippen molar-refractivity contribution in [1.29, 1.82) is 0 Å². The van der Waals surface area contributed by atoms with E-state index in [4.69, 9.17) is 4.98 Å². The molecule has 0 spiro atoms. The highest BCUT2D eigenvalue weighted by Crippen LogP contribution is 2.36. The van der Waals surface area contributed by atoms with Crippen molar-refractivity contribution in [1.82, 2.24) is 15.0 Å². The van der Waals surface area contributed by atoms with E-state index in [9.17, 15) is 0 Å². The first kappa shape index (κ1) is 18.4. The van der Waals surface area contributed by atoms with Crippen LogP contribution in [-0.4, -0.2) is 15.0 Å². The molecule has 0 amide bonds. The first-order chi connectivity index (χ1) is 15.9. The molecule has 6 rings (SSSR count). The van der Waals surface area contributed by atoms with Crippen molar-refractivity contribution in [3.05, 3.63) is 116 Å². The van der Waals surface area contributed by atoms with Gasteiger partial charge in [-0.05, 0) is 64.0 Å². The van der Waals surface area contributed by atoms with Crippen LogP contribution >= 0.6 is 0 Å². The predicted octanol–water partition coefficient (Wildman–Crippen LogP) is 7.18. The Labute approximate surface area is 186 Å². The Bertz CT molecular complexity index is 1540. The highest BCUT2D eigenvalue weighted by Gasteiger charge is 2.12. The molecule has 3 nitrogen and oxygen atoms in total. The zero-order valence-electron chi connectivity index (χ0n) is 17.3. The van der Waals surface area contributed by atoms with E-state index in [0.717, 1.165) is 49.8 Å². The summed E-state index contributed by atoms with van der Waals surface area (Å²) >= 11 is 0. The molecule has 3 heterocycles.